The number of methoxy groups -OCH3 is 1. The first-order valence-corrected chi connectivity index (χ1v) is 11.8. The molecule has 3 rings (SSSR count). The Kier molecular flexibility index (Phi) is 9.50. The number of alkyl carbamates (subject to hydrolysis) is 1. The van der Waals surface area contributed by atoms with Crippen LogP contribution in [0.3, 0.4) is 0 Å². The number of ether oxygens (including phenoxy) is 2. The summed E-state index contributed by atoms with van der Waals surface area (Å²) in [4.78, 5) is 39.1. The van der Waals surface area contributed by atoms with Gasteiger partial charge in [-0.15, -0.1) is 0 Å². The monoisotopic (exact) mass is 466 g/mol. The van der Waals surface area contributed by atoms with E-state index in [2.05, 4.69) is 5.32 Å². The van der Waals surface area contributed by atoms with Gasteiger partial charge in [0, 0.05) is 25.9 Å². The summed E-state index contributed by atoms with van der Waals surface area (Å²) in [5, 5.41) is 2.84. The predicted octanol–water partition coefficient (Wildman–Crippen LogP) is 3.96. The molecule has 0 bridgehead atoms. The SMILES string of the molecule is COC(=O)[C@H](Cc1ccccc1)N(C)C(=O)C1CCC(CNC(=O)OCc2ccccc2)CC1. The van der Waals surface area contributed by atoms with Gasteiger partial charge in [-0.05, 0) is 42.7 Å². The van der Waals surface area contributed by atoms with Gasteiger partial charge in [0.1, 0.15) is 12.6 Å². The van der Waals surface area contributed by atoms with E-state index in [0.29, 0.717) is 18.9 Å². The topological polar surface area (TPSA) is 84.9 Å². The summed E-state index contributed by atoms with van der Waals surface area (Å²) in [6.07, 6.45) is 3.13. The van der Waals surface area contributed by atoms with Crippen LogP contribution in [-0.2, 0) is 32.1 Å². The van der Waals surface area contributed by atoms with Crippen LogP contribution in [0.1, 0.15) is 36.8 Å². The van der Waals surface area contributed by atoms with Crippen LogP contribution in [-0.4, -0.2) is 49.6 Å². The third kappa shape index (κ3) is 7.33. The van der Waals surface area contributed by atoms with E-state index in [-0.39, 0.29) is 18.4 Å². The molecule has 0 heterocycles. The van der Waals surface area contributed by atoms with Crippen molar-refractivity contribution in [1.29, 1.82) is 0 Å². The van der Waals surface area contributed by atoms with Crippen molar-refractivity contribution in [3.05, 3.63) is 71.8 Å². The Labute approximate surface area is 201 Å². The zero-order chi connectivity index (χ0) is 24.3. The first-order valence-electron chi connectivity index (χ1n) is 11.8. The highest BCUT2D eigenvalue weighted by atomic mass is 16.5. The van der Waals surface area contributed by atoms with Gasteiger partial charge in [-0.2, -0.15) is 0 Å². The van der Waals surface area contributed by atoms with Gasteiger partial charge in [0.2, 0.25) is 5.91 Å². The molecule has 0 spiro atoms. The minimum Gasteiger partial charge on any atom is -0.467 e. The molecule has 0 aromatic heterocycles. The number of nitrogens with one attached hydrogen (secondary N) is 1. The van der Waals surface area contributed by atoms with Crippen LogP contribution in [0.5, 0.6) is 0 Å². The maximum Gasteiger partial charge on any atom is 0.407 e. The Balaban J connectivity index is 1.44. The molecule has 1 fully saturated rings. The fourth-order valence-electron chi connectivity index (χ4n) is 4.41. The lowest BCUT2D eigenvalue weighted by molar-refractivity contribution is -0.153. The summed E-state index contributed by atoms with van der Waals surface area (Å²) in [5.41, 5.74) is 1.92. The molecule has 0 radical (unpaired) electrons. The van der Waals surface area contributed by atoms with Crippen LogP contribution in [0.15, 0.2) is 60.7 Å². The van der Waals surface area contributed by atoms with E-state index in [1.807, 2.05) is 60.7 Å². The second kappa shape index (κ2) is 12.8. The summed E-state index contributed by atoms with van der Waals surface area (Å²) < 4.78 is 10.2. The fourth-order valence-corrected chi connectivity index (χ4v) is 4.41. The first-order chi connectivity index (χ1) is 16.5. The van der Waals surface area contributed by atoms with Gasteiger partial charge in [0.05, 0.1) is 7.11 Å². The van der Waals surface area contributed by atoms with Gasteiger partial charge in [0.15, 0.2) is 0 Å². The molecule has 7 heteroatoms. The van der Waals surface area contributed by atoms with E-state index >= 15 is 0 Å². The first kappa shape index (κ1) is 25.3. The van der Waals surface area contributed by atoms with Crippen LogP contribution in [0.25, 0.3) is 0 Å². The van der Waals surface area contributed by atoms with E-state index in [1.165, 1.54) is 7.11 Å². The smallest absolute Gasteiger partial charge is 0.407 e. The van der Waals surface area contributed by atoms with E-state index in [9.17, 15) is 14.4 Å². The Bertz CT molecular complexity index is 927. The fraction of sp³-hybridized carbons (Fsp3) is 0.444. The molecule has 1 aliphatic rings. The van der Waals surface area contributed by atoms with E-state index in [1.54, 1.807) is 11.9 Å². The van der Waals surface area contributed by atoms with Gasteiger partial charge in [-0.1, -0.05) is 60.7 Å². The molecule has 34 heavy (non-hydrogen) atoms. The molecule has 7 nitrogen and oxygen atoms in total. The highest BCUT2D eigenvalue weighted by Crippen LogP contribution is 2.30. The second-order valence-corrected chi connectivity index (χ2v) is 8.84. The highest BCUT2D eigenvalue weighted by molar-refractivity contribution is 5.86. The molecule has 1 saturated carbocycles. The number of carbonyl (C=O) groups is 3. The van der Waals surface area contributed by atoms with Crippen molar-refractivity contribution in [2.75, 3.05) is 20.7 Å². The van der Waals surface area contributed by atoms with Crippen LogP contribution in [0.4, 0.5) is 4.79 Å². The van der Waals surface area contributed by atoms with E-state index < -0.39 is 18.1 Å². The van der Waals surface area contributed by atoms with Gasteiger partial charge in [-0.25, -0.2) is 9.59 Å². The largest absolute Gasteiger partial charge is 0.467 e. The van der Waals surface area contributed by atoms with Gasteiger partial charge in [-0.3, -0.25) is 4.79 Å². The van der Waals surface area contributed by atoms with Crippen molar-refractivity contribution in [3.63, 3.8) is 0 Å². The second-order valence-electron chi connectivity index (χ2n) is 8.84. The molecule has 2 aromatic carbocycles. The summed E-state index contributed by atoms with van der Waals surface area (Å²) >= 11 is 0. The Morgan fingerprint density at radius 2 is 1.53 bits per heavy atom. The average Bonchev–Trinajstić information content (AvgIpc) is 2.89. The lowest BCUT2D eigenvalue weighted by atomic mass is 9.81. The number of benzene rings is 2. The lowest BCUT2D eigenvalue weighted by Gasteiger charge is -2.33. The van der Waals surface area contributed by atoms with Gasteiger partial charge >= 0.3 is 12.1 Å². The normalized spacial score (nSPS) is 18.4. The number of amides is 2. The molecule has 0 unspecified atom stereocenters. The average molecular weight is 467 g/mol. The predicted molar refractivity (Wildman–Crippen MR) is 129 cm³/mol. The number of hydrogen-bond acceptors (Lipinski definition) is 5. The van der Waals surface area contributed by atoms with Crippen molar-refractivity contribution in [1.82, 2.24) is 10.2 Å². The minimum absolute atomic E-state index is 0.0278. The van der Waals surface area contributed by atoms with Gasteiger partial charge < -0.3 is 19.7 Å². The molecule has 0 aliphatic heterocycles. The summed E-state index contributed by atoms with van der Waals surface area (Å²) in [7, 11) is 3.03. The zero-order valence-corrected chi connectivity index (χ0v) is 19.9. The molecule has 0 saturated heterocycles. The van der Waals surface area contributed by atoms with Crippen LogP contribution in [0, 0.1) is 11.8 Å². The maximum atomic E-state index is 13.2. The molecule has 2 aromatic rings. The van der Waals surface area contributed by atoms with E-state index in [4.69, 9.17) is 9.47 Å². The minimum atomic E-state index is -0.654. The molecule has 2 amide bonds. The number of esters is 1. The van der Waals surface area contributed by atoms with Crippen LogP contribution < -0.4 is 5.32 Å². The third-order valence-electron chi connectivity index (χ3n) is 6.50. The molecular formula is C27H34N2O5. The van der Waals surface area contributed by atoms with Crippen molar-refractivity contribution in [3.8, 4) is 0 Å². The van der Waals surface area contributed by atoms with Gasteiger partial charge in [0.25, 0.3) is 0 Å². The van der Waals surface area contributed by atoms with Crippen molar-refractivity contribution < 1.29 is 23.9 Å². The Hall–Kier alpha value is -3.35. The molecular weight excluding hydrogens is 432 g/mol. The standard InChI is InChI=1S/C27H34N2O5/c1-29(24(26(31)33-2)17-20-9-5-3-6-10-20)25(30)23-15-13-21(14-16-23)18-28-27(32)34-19-22-11-7-4-8-12-22/h3-12,21,23-24H,13-19H2,1-2H3,(H,28,32)/t21?,23?,24-/m0/s1. The molecule has 182 valence electrons. The number of rotatable bonds is 9. The Morgan fingerprint density at radius 3 is 2.12 bits per heavy atom. The summed E-state index contributed by atoms with van der Waals surface area (Å²) in [6.45, 7) is 0.772. The van der Waals surface area contributed by atoms with Crippen LogP contribution in [0.2, 0.25) is 0 Å². The highest BCUT2D eigenvalue weighted by Gasteiger charge is 2.34. The van der Waals surface area contributed by atoms with Crippen molar-refractivity contribution in [2.24, 2.45) is 11.8 Å². The lowest BCUT2D eigenvalue weighted by Crippen LogP contribution is -2.47. The van der Waals surface area contributed by atoms with E-state index in [0.717, 1.165) is 36.8 Å². The number of hydrogen-bond donors (Lipinski definition) is 1. The number of nitrogens with zero attached hydrogens (tertiary/aromatic N) is 1. The third-order valence-corrected chi connectivity index (χ3v) is 6.50. The van der Waals surface area contributed by atoms with Crippen LogP contribution >= 0.6 is 0 Å². The van der Waals surface area contributed by atoms with Crippen molar-refractivity contribution in [2.45, 2.75) is 44.8 Å². The quantitative estimate of drug-likeness (QED) is 0.566. The summed E-state index contributed by atoms with van der Waals surface area (Å²) in [5.74, 6) is -0.264. The maximum absolute atomic E-state index is 13.2. The molecule has 1 aliphatic carbocycles. The van der Waals surface area contributed by atoms with Crippen molar-refractivity contribution >= 4 is 18.0 Å². The number of likely N-dealkylation sites (N-methyl/N-ethyl adjacent to an activating group) is 1. The molecule has 1 atom stereocenters. The molecule has 1 N–H and O–H groups in total. The zero-order valence-electron chi connectivity index (χ0n) is 19.9. The Morgan fingerprint density at radius 1 is 0.941 bits per heavy atom. The summed E-state index contributed by atoms with van der Waals surface area (Å²) in [6, 6.07) is 18.5. The number of carbonyl (C=O) groups excluding carboxylic acids is 3.